The summed E-state index contributed by atoms with van der Waals surface area (Å²) < 4.78 is 2.63. The Hall–Kier alpha value is -4.34. The summed E-state index contributed by atoms with van der Waals surface area (Å²) in [4.78, 5) is 37.4. The van der Waals surface area contributed by atoms with Gasteiger partial charge in [-0.3, -0.25) is 9.59 Å². The summed E-state index contributed by atoms with van der Waals surface area (Å²) in [7, 11) is 3.64. The molecule has 4 aromatic carbocycles. The monoisotopic (exact) mass is 780 g/mol. The van der Waals surface area contributed by atoms with Crippen LogP contribution in [0, 0.1) is 25.7 Å². The van der Waals surface area contributed by atoms with E-state index < -0.39 is 0 Å². The van der Waals surface area contributed by atoms with Gasteiger partial charge in [0.1, 0.15) is 0 Å². The van der Waals surface area contributed by atoms with Gasteiger partial charge in [-0.05, 0) is 131 Å². The first-order valence-electron chi connectivity index (χ1n) is 18.7. The molecule has 0 saturated heterocycles. The Bertz CT molecular complexity index is 3000. The van der Waals surface area contributed by atoms with Gasteiger partial charge in [-0.2, -0.15) is 0 Å². The summed E-state index contributed by atoms with van der Waals surface area (Å²) in [6.07, 6.45) is 2.03. The zero-order valence-electron chi connectivity index (χ0n) is 31.7. The lowest BCUT2D eigenvalue weighted by Crippen LogP contribution is -2.24. The molecule has 2 aliphatic heterocycles. The molecule has 2 amide bonds. The quantitative estimate of drug-likeness (QED) is 0.129. The second-order valence-corrected chi connectivity index (χ2v) is 20.7. The molecule has 8 aromatic rings. The molecule has 6 heterocycles. The van der Waals surface area contributed by atoms with Gasteiger partial charge >= 0.3 is 0 Å². The highest BCUT2D eigenvalue weighted by molar-refractivity contribution is 7.27. The number of likely N-dealkylation sites (N-methyl/N-ethyl adjacent to an activating group) is 2. The Labute approximate surface area is 330 Å². The van der Waals surface area contributed by atoms with Crippen molar-refractivity contribution in [1.82, 2.24) is 0 Å². The van der Waals surface area contributed by atoms with Crippen LogP contribution in [-0.4, -0.2) is 25.9 Å². The van der Waals surface area contributed by atoms with Crippen LogP contribution in [0.2, 0.25) is 0 Å². The number of hydrogen-bond donors (Lipinski definition) is 0. The summed E-state index contributed by atoms with van der Waals surface area (Å²) in [6, 6.07) is 23.4. The molecule has 54 heavy (non-hydrogen) atoms. The van der Waals surface area contributed by atoms with Gasteiger partial charge in [-0.1, -0.05) is 39.8 Å². The van der Waals surface area contributed by atoms with Crippen LogP contribution in [-0.2, 0) is 22.4 Å². The maximum absolute atomic E-state index is 13.8. The van der Waals surface area contributed by atoms with E-state index in [4.69, 9.17) is 0 Å². The summed E-state index contributed by atoms with van der Waals surface area (Å²) in [5.41, 5.74) is 5.70. The zero-order chi connectivity index (χ0) is 37.5. The molecule has 10 rings (SSSR count). The topological polar surface area (TPSA) is 40.6 Å². The van der Waals surface area contributed by atoms with Crippen molar-refractivity contribution in [3.8, 4) is 9.75 Å². The third-order valence-corrected chi connectivity index (χ3v) is 15.7. The molecule has 0 bridgehead atoms. The molecule has 0 spiro atoms. The standard InChI is InChI=1S/C46H40N2O2S4/c1-21(2)13-25-17-30-28-10-12-36-32(40(28)26(14-22(3)4)18-29(30)27-9-11-35-31(39(25)27)15-23(5)51-35)19-37(53-36)38-20-34-44(54-38)42(46(50)48(34)8)41-43-33(16-24(6)52-43)47(7)45(41)49/h9-12,15-22H,13-14H2,1-8H3/b42-41+. The lowest BCUT2D eigenvalue weighted by atomic mass is 9.86. The van der Waals surface area contributed by atoms with Crippen molar-refractivity contribution in [1.29, 1.82) is 0 Å². The molecule has 0 aliphatic carbocycles. The number of carbonyl (C=O) groups excluding carboxylic acids is 2. The molecular formula is C46H40N2O2S4. The van der Waals surface area contributed by atoms with Gasteiger partial charge in [-0.15, -0.1) is 45.3 Å². The van der Waals surface area contributed by atoms with Crippen molar-refractivity contribution in [2.45, 2.75) is 54.4 Å². The highest BCUT2D eigenvalue weighted by atomic mass is 32.1. The van der Waals surface area contributed by atoms with Crippen LogP contribution in [0.3, 0.4) is 0 Å². The zero-order valence-corrected chi connectivity index (χ0v) is 35.0. The first kappa shape index (κ1) is 34.2. The second kappa shape index (κ2) is 12.1. The van der Waals surface area contributed by atoms with E-state index >= 15 is 0 Å². The van der Waals surface area contributed by atoms with Gasteiger partial charge in [0, 0.05) is 53.8 Å². The van der Waals surface area contributed by atoms with Gasteiger partial charge in [-0.25, -0.2) is 0 Å². The van der Waals surface area contributed by atoms with Crippen molar-refractivity contribution in [3.05, 3.63) is 91.3 Å². The third kappa shape index (κ3) is 4.89. The number of rotatable bonds is 5. The number of nitrogens with zero attached hydrogens (tertiary/aromatic N) is 2. The van der Waals surface area contributed by atoms with E-state index in [2.05, 4.69) is 96.1 Å². The normalized spacial score (nSPS) is 16.0. The molecule has 0 N–H and O–H groups in total. The number of carbonyl (C=O) groups is 2. The van der Waals surface area contributed by atoms with E-state index in [0.29, 0.717) is 23.0 Å². The Balaban J connectivity index is 1.20. The van der Waals surface area contributed by atoms with Crippen LogP contribution < -0.4 is 9.80 Å². The van der Waals surface area contributed by atoms with E-state index in [9.17, 15) is 9.59 Å². The molecule has 2 aliphatic rings. The minimum absolute atomic E-state index is 0.103. The Morgan fingerprint density at radius 2 is 1.00 bits per heavy atom. The number of thiophene rings is 4. The van der Waals surface area contributed by atoms with Crippen LogP contribution in [0.4, 0.5) is 11.4 Å². The fourth-order valence-electron chi connectivity index (χ4n) is 8.96. The summed E-state index contributed by atoms with van der Waals surface area (Å²) in [6.45, 7) is 13.6. The van der Waals surface area contributed by atoms with E-state index in [-0.39, 0.29) is 11.8 Å². The number of hydrogen-bond acceptors (Lipinski definition) is 6. The second-order valence-electron chi connectivity index (χ2n) is 16.0. The van der Waals surface area contributed by atoms with E-state index in [1.165, 1.54) is 73.4 Å². The van der Waals surface area contributed by atoms with Gasteiger partial charge in [0.2, 0.25) is 0 Å². The summed E-state index contributed by atoms with van der Waals surface area (Å²) >= 11 is 6.94. The molecule has 0 atom stereocenters. The minimum atomic E-state index is -0.106. The fourth-order valence-corrected chi connectivity index (χ4v) is 13.3. The molecule has 0 saturated carbocycles. The first-order valence-corrected chi connectivity index (χ1v) is 22.0. The van der Waals surface area contributed by atoms with Crippen molar-refractivity contribution in [2.75, 3.05) is 23.9 Å². The van der Waals surface area contributed by atoms with Crippen molar-refractivity contribution >= 4 is 132 Å². The van der Waals surface area contributed by atoms with Crippen molar-refractivity contribution in [2.24, 2.45) is 11.8 Å². The van der Waals surface area contributed by atoms with Crippen molar-refractivity contribution < 1.29 is 9.59 Å². The molecule has 8 heteroatoms. The lowest BCUT2D eigenvalue weighted by molar-refractivity contribution is -0.114. The Kier molecular flexibility index (Phi) is 7.64. The molecule has 270 valence electrons. The number of aryl methyl sites for hydroxylation is 2. The number of fused-ring (bicyclic) bond motifs is 11. The van der Waals surface area contributed by atoms with E-state index in [1.54, 1.807) is 39.5 Å². The molecule has 4 aromatic heterocycles. The molecular weight excluding hydrogens is 741 g/mol. The van der Waals surface area contributed by atoms with Crippen LogP contribution >= 0.6 is 45.3 Å². The maximum Gasteiger partial charge on any atom is 0.260 e. The highest BCUT2D eigenvalue weighted by Crippen LogP contribution is 2.54. The minimum Gasteiger partial charge on any atom is -0.310 e. The number of anilines is 2. The summed E-state index contributed by atoms with van der Waals surface area (Å²) in [5.74, 6) is 0.834. The Morgan fingerprint density at radius 3 is 1.57 bits per heavy atom. The lowest BCUT2D eigenvalue weighted by Gasteiger charge is -2.18. The molecule has 4 nitrogen and oxygen atoms in total. The number of benzene rings is 4. The van der Waals surface area contributed by atoms with Crippen molar-refractivity contribution in [3.63, 3.8) is 0 Å². The summed E-state index contributed by atoms with van der Waals surface area (Å²) in [5, 5.41) is 10.8. The predicted octanol–water partition coefficient (Wildman–Crippen LogP) is 13.2. The van der Waals surface area contributed by atoms with E-state index in [1.807, 2.05) is 35.8 Å². The molecule has 0 fully saturated rings. The average molecular weight is 781 g/mol. The van der Waals surface area contributed by atoms with Gasteiger partial charge in [0.15, 0.2) is 0 Å². The van der Waals surface area contributed by atoms with Crippen LogP contribution in [0.5, 0.6) is 0 Å². The smallest absolute Gasteiger partial charge is 0.260 e. The van der Waals surface area contributed by atoms with Crippen LogP contribution in [0.15, 0.2) is 60.7 Å². The third-order valence-electron chi connectivity index (χ3n) is 11.2. The van der Waals surface area contributed by atoms with E-state index in [0.717, 1.165) is 43.7 Å². The first-order chi connectivity index (χ1) is 25.9. The average Bonchev–Trinajstić information content (AvgIpc) is 3.96. The SMILES string of the molecule is Cc1cc2c(s1)/C(=C1\C(=O)N(C)c3cc(-c4cc5c(ccc6c7cc(CC(C)C)c8c9cc(C)sc9ccc8c7cc(CC(C)C)c56)s4)sc31)C(=O)N2C. The maximum atomic E-state index is 13.8. The van der Waals surface area contributed by atoms with Crippen LogP contribution in [0.25, 0.3) is 73.4 Å². The molecule has 0 radical (unpaired) electrons. The predicted molar refractivity (Wildman–Crippen MR) is 238 cm³/mol. The largest absolute Gasteiger partial charge is 0.310 e. The number of amides is 2. The fraction of sp³-hybridized carbons (Fsp3) is 0.261. The molecule has 0 unspecified atom stereocenters. The van der Waals surface area contributed by atoms with Gasteiger partial charge < -0.3 is 9.80 Å². The van der Waals surface area contributed by atoms with Crippen LogP contribution in [0.1, 0.15) is 58.3 Å². The Morgan fingerprint density at radius 1 is 0.519 bits per heavy atom. The van der Waals surface area contributed by atoms with Gasteiger partial charge in [0.05, 0.1) is 32.3 Å². The van der Waals surface area contributed by atoms with Gasteiger partial charge in [0.25, 0.3) is 11.8 Å². The highest BCUT2D eigenvalue weighted by Gasteiger charge is 2.42.